The van der Waals surface area contributed by atoms with Crippen molar-refractivity contribution in [2.75, 3.05) is 6.26 Å². The number of rotatable bonds is 3. The van der Waals surface area contributed by atoms with Crippen LogP contribution < -0.4 is 11.3 Å². The predicted octanol–water partition coefficient (Wildman–Crippen LogP) is 1.72. The zero-order chi connectivity index (χ0) is 20.5. The molecular weight excluding hydrogens is 402 g/mol. The monoisotopic (exact) mass is 421 g/mol. The third-order valence-corrected chi connectivity index (χ3v) is 6.64. The van der Waals surface area contributed by atoms with Crippen molar-refractivity contribution in [2.24, 2.45) is 5.73 Å². The molecule has 0 unspecified atom stereocenters. The summed E-state index contributed by atoms with van der Waals surface area (Å²) in [4.78, 5) is 30.8. The summed E-state index contributed by atoms with van der Waals surface area (Å²) in [5.41, 5.74) is 6.93. The van der Waals surface area contributed by atoms with Crippen molar-refractivity contribution in [3.8, 4) is 0 Å². The van der Waals surface area contributed by atoms with Crippen LogP contribution in [0.3, 0.4) is 0 Å². The van der Waals surface area contributed by atoms with Gasteiger partial charge < -0.3 is 15.8 Å². The number of aromatic amines is 1. The molecule has 1 aromatic carbocycles. The Morgan fingerprint density at radius 2 is 2.11 bits per heavy atom. The molecule has 0 bridgehead atoms. The van der Waals surface area contributed by atoms with Gasteiger partial charge in [-0.3, -0.25) is 4.79 Å². The lowest BCUT2D eigenvalue weighted by Gasteiger charge is -2.00. The number of nitrogens with one attached hydrogen (secondary N) is 1. The maximum absolute atomic E-state index is 11.8. The molecule has 0 aliphatic heterocycles. The quantitative estimate of drug-likeness (QED) is 0.584. The second-order valence-corrected chi connectivity index (χ2v) is 9.48. The number of carboxylic acids is 1. The van der Waals surface area contributed by atoms with Crippen molar-refractivity contribution < 1.29 is 18.3 Å². The summed E-state index contributed by atoms with van der Waals surface area (Å²) in [6, 6.07) is 6.65. The predicted molar refractivity (Wildman–Crippen MR) is 107 cm³/mol. The highest BCUT2D eigenvalue weighted by Gasteiger charge is 2.22. The maximum Gasteiger partial charge on any atom is 0.372 e. The Labute approximate surface area is 165 Å². The second kappa shape index (κ2) is 7.82. The average Bonchev–Trinajstić information content (AvgIpc) is 3.22. The van der Waals surface area contributed by atoms with Gasteiger partial charge in [0.2, 0.25) is 5.82 Å². The standard InChI is InChI=1S/C10H8N2O3S.C8H11NO2S/c13-8-6-4-2-1-3-5(4)16-9(6)12-7(11-8)10(14)15;1-12(10,11)8-4-2-3-7(5-8)6-9/h1-3H2,(H,14,15)(H,11,12,13);2-5H,6,9H2,1H3. The molecule has 148 valence electrons. The average molecular weight is 422 g/mol. The fourth-order valence-corrected chi connectivity index (χ4v) is 4.96. The number of aromatic nitrogens is 2. The Morgan fingerprint density at radius 3 is 2.75 bits per heavy atom. The molecule has 0 radical (unpaired) electrons. The summed E-state index contributed by atoms with van der Waals surface area (Å²) in [6.45, 7) is 0.364. The number of H-pyrrole nitrogens is 1. The largest absolute Gasteiger partial charge is 0.475 e. The van der Waals surface area contributed by atoms with Gasteiger partial charge in [0.15, 0.2) is 9.84 Å². The van der Waals surface area contributed by atoms with Crippen LogP contribution in [0, 0.1) is 0 Å². The van der Waals surface area contributed by atoms with Crippen LogP contribution >= 0.6 is 11.3 Å². The van der Waals surface area contributed by atoms with E-state index >= 15 is 0 Å². The Morgan fingerprint density at radius 1 is 1.36 bits per heavy atom. The lowest BCUT2D eigenvalue weighted by Crippen LogP contribution is -2.15. The maximum atomic E-state index is 11.8. The number of aryl methyl sites for hydroxylation is 2. The molecule has 0 fully saturated rings. The summed E-state index contributed by atoms with van der Waals surface area (Å²) >= 11 is 1.44. The Bertz CT molecular complexity index is 1210. The zero-order valence-electron chi connectivity index (χ0n) is 15.1. The first-order valence-electron chi connectivity index (χ1n) is 8.47. The van der Waals surface area contributed by atoms with Gasteiger partial charge in [-0.25, -0.2) is 18.2 Å². The first kappa shape index (κ1) is 20.2. The van der Waals surface area contributed by atoms with Gasteiger partial charge in [-0.2, -0.15) is 0 Å². The van der Waals surface area contributed by atoms with Gasteiger partial charge in [-0.15, -0.1) is 11.3 Å². The van der Waals surface area contributed by atoms with Crippen LogP contribution in [0.2, 0.25) is 0 Å². The summed E-state index contributed by atoms with van der Waals surface area (Å²) in [7, 11) is -3.09. The van der Waals surface area contributed by atoms with E-state index in [-0.39, 0.29) is 11.4 Å². The third-order valence-electron chi connectivity index (χ3n) is 4.34. The van der Waals surface area contributed by atoms with E-state index in [2.05, 4.69) is 9.97 Å². The SMILES string of the molecule is CS(=O)(=O)c1cccc(CN)c1.O=C(O)c1nc2sc3c(c2c(=O)[nH]1)CCC3. The van der Waals surface area contributed by atoms with Crippen LogP contribution in [0.25, 0.3) is 10.2 Å². The highest BCUT2D eigenvalue weighted by atomic mass is 32.2. The molecule has 2 heterocycles. The Hall–Kier alpha value is -2.56. The van der Waals surface area contributed by atoms with E-state index in [4.69, 9.17) is 10.8 Å². The molecule has 4 rings (SSSR count). The molecule has 0 amide bonds. The molecule has 8 nitrogen and oxygen atoms in total. The van der Waals surface area contributed by atoms with E-state index in [0.29, 0.717) is 21.7 Å². The second-order valence-electron chi connectivity index (χ2n) is 6.38. The topological polar surface area (TPSA) is 143 Å². The van der Waals surface area contributed by atoms with E-state index in [1.165, 1.54) is 22.5 Å². The molecule has 4 N–H and O–H groups in total. The fraction of sp³-hybridized carbons (Fsp3) is 0.278. The molecule has 3 aromatic rings. The number of carboxylic acid groups (broad SMARTS) is 1. The summed E-state index contributed by atoms with van der Waals surface area (Å²) in [5.74, 6) is -1.48. The minimum atomic E-state index is -3.09. The number of carbonyl (C=O) groups is 1. The first-order valence-corrected chi connectivity index (χ1v) is 11.2. The van der Waals surface area contributed by atoms with Crippen LogP contribution in [0.1, 0.15) is 33.0 Å². The van der Waals surface area contributed by atoms with E-state index < -0.39 is 15.8 Å². The lowest BCUT2D eigenvalue weighted by atomic mass is 10.2. The van der Waals surface area contributed by atoms with Gasteiger partial charge in [0.25, 0.3) is 5.56 Å². The number of fused-ring (bicyclic) bond motifs is 3. The Balaban J connectivity index is 0.000000169. The lowest BCUT2D eigenvalue weighted by molar-refractivity contribution is 0.0683. The number of sulfone groups is 1. The van der Waals surface area contributed by atoms with Gasteiger partial charge in [0.1, 0.15) is 4.83 Å². The van der Waals surface area contributed by atoms with Crippen molar-refractivity contribution in [2.45, 2.75) is 30.7 Å². The minimum absolute atomic E-state index is 0.280. The highest BCUT2D eigenvalue weighted by Crippen LogP contribution is 2.34. The van der Waals surface area contributed by atoms with Crippen LogP contribution in [-0.2, 0) is 29.2 Å². The van der Waals surface area contributed by atoms with Crippen molar-refractivity contribution in [1.82, 2.24) is 9.97 Å². The first-order chi connectivity index (χ1) is 13.2. The molecule has 2 aromatic heterocycles. The molecule has 0 atom stereocenters. The van der Waals surface area contributed by atoms with Gasteiger partial charge in [-0.05, 0) is 42.5 Å². The number of aromatic carboxylic acids is 1. The van der Waals surface area contributed by atoms with Crippen LogP contribution in [-0.4, -0.2) is 35.7 Å². The van der Waals surface area contributed by atoms with Gasteiger partial charge in [0, 0.05) is 17.7 Å². The number of benzene rings is 1. The van der Waals surface area contributed by atoms with E-state index in [0.717, 1.165) is 30.4 Å². The molecule has 0 saturated carbocycles. The summed E-state index contributed by atoms with van der Waals surface area (Å²) < 4.78 is 22.1. The van der Waals surface area contributed by atoms with Crippen LogP contribution in [0.5, 0.6) is 0 Å². The van der Waals surface area contributed by atoms with Crippen LogP contribution in [0.4, 0.5) is 0 Å². The normalized spacial score (nSPS) is 13.1. The Kier molecular flexibility index (Phi) is 5.64. The minimum Gasteiger partial charge on any atom is -0.475 e. The molecule has 0 saturated heterocycles. The van der Waals surface area contributed by atoms with Gasteiger partial charge >= 0.3 is 5.97 Å². The van der Waals surface area contributed by atoms with E-state index in [9.17, 15) is 18.0 Å². The van der Waals surface area contributed by atoms with E-state index in [1.54, 1.807) is 24.3 Å². The van der Waals surface area contributed by atoms with Gasteiger partial charge in [-0.1, -0.05) is 12.1 Å². The molecule has 0 spiro atoms. The van der Waals surface area contributed by atoms with Crippen molar-refractivity contribution in [3.63, 3.8) is 0 Å². The zero-order valence-corrected chi connectivity index (χ0v) is 16.7. The van der Waals surface area contributed by atoms with E-state index in [1.807, 2.05) is 0 Å². The summed E-state index contributed by atoms with van der Waals surface area (Å²) in [5, 5.41) is 9.37. The molecular formula is C18H19N3O5S2. The fourth-order valence-electron chi connectivity index (χ4n) is 3.01. The number of hydrogen-bond donors (Lipinski definition) is 3. The number of nitrogens with zero attached hydrogens (tertiary/aromatic N) is 1. The van der Waals surface area contributed by atoms with Gasteiger partial charge in [0.05, 0.1) is 10.3 Å². The third kappa shape index (κ3) is 4.13. The number of nitrogens with two attached hydrogens (primary N) is 1. The number of hydrogen-bond acceptors (Lipinski definition) is 7. The number of thiophene rings is 1. The summed E-state index contributed by atoms with van der Waals surface area (Å²) in [6.07, 6.45) is 4.12. The van der Waals surface area contributed by atoms with Crippen molar-refractivity contribution in [1.29, 1.82) is 0 Å². The molecule has 28 heavy (non-hydrogen) atoms. The molecule has 1 aliphatic rings. The van der Waals surface area contributed by atoms with Crippen LogP contribution in [0.15, 0.2) is 34.0 Å². The van der Waals surface area contributed by atoms with Crippen molar-refractivity contribution in [3.05, 3.63) is 56.4 Å². The molecule has 10 heteroatoms. The molecule has 1 aliphatic carbocycles. The smallest absolute Gasteiger partial charge is 0.372 e. The van der Waals surface area contributed by atoms with Crippen molar-refractivity contribution >= 4 is 37.4 Å². The highest BCUT2D eigenvalue weighted by molar-refractivity contribution is 7.90.